The molecule has 4 heteroatoms. The molecule has 2 N–H and O–H groups in total. The molecule has 0 saturated carbocycles. The third kappa shape index (κ3) is 2.61. The molecule has 0 amide bonds. The van der Waals surface area contributed by atoms with Crippen LogP contribution in [0.1, 0.15) is 16.7 Å². The molecule has 3 aromatic rings. The normalized spacial score (nSPS) is 11.2. The first-order valence-corrected chi connectivity index (χ1v) is 7.82. The first-order chi connectivity index (χ1) is 10.1. The summed E-state index contributed by atoms with van der Waals surface area (Å²) < 4.78 is 3.23. The second-order valence-electron chi connectivity index (χ2n) is 5.35. The largest absolute Gasteiger partial charge is 0.330 e. The molecule has 3 nitrogen and oxygen atoms in total. The fourth-order valence-corrected chi connectivity index (χ4v) is 3.01. The summed E-state index contributed by atoms with van der Waals surface area (Å²) in [5.41, 5.74) is 12.8. The molecule has 0 atom stereocenters. The summed E-state index contributed by atoms with van der Waals surface area (Å²) in [5, 5.41) is 0. The highest BCUT2D eigenvalue weighted by Gasteiger charge is 2.10. The van der Waals surface area contributed by atoms with Gasteiger partial charge in [-0.2, -0.15) is 0 Å². The lowest BCUT2D eigenvalue weighted by atomic mass is 10.1. The number of benzene rings is 2. The van der Waals surface area contributed by atoms with Crippen molar-refractivity contribution in [3.8, 4) is 5.69 Å². The number of rotatable bonds is 3. The average molecular weight is 344 g/mol. The number of halogens is 1. The molecule has 0 saturated heterocycles. The fourth-order valence-electron chi connectivity index (χ4n) is 2.60. The molecular formula is C17H18BrN3. The Morgan fingerprint density at radius 2 is 1.90 bits per heavy atom. The third-order valence-electron chi connectivity index (χ3n) is 3.88. The van der Waals surface area contributed by atoms with E-state index in [-0.39, 0.29) is 0 Å². The number of aryl methyl sites for hydroxylation is 2. The summed E-state index contributed by atoms with van der Waals surface area (Å²) in [6.45, 7) is 4.88. The van der Waals surface area contributed by atoms with E-state index in [1.807, 2.05) is 6.33 Å². The molecule has 0 fully saturated rings. The van der Waals surface area contributed by atoms with Crippen LogP contribution in [0.5, 0.6) is 0 Å². The van der Waals surface area contributed by atoms with Crippen LogP contribution in [0.15, 0.2) is 41.1 Å². The van der Waals surface area contributed by atoms with E-state index in [0.29, 0.717) is 6.54 Å². The van der Waals surface area contributed by atoms with Crippen molar-refractivity contribution in [1.82, 2.24) is 9.55 Å². The number of nitrogens with two attached hydrogens (primary N) is 1. The number of hydrogen-bond donors (Lipinski definition) is 1. The van der Waals surface area contributed by atoms with Crippen LogP contribution in [-0.4, -0.2) is 16.1 Å². The van der Waals surface area contributed by atoms with Gasteiger partial charge < -0.3 is 5.73 Å². The van der Waals surface area contributed by atoms with Crippen molar-refractivity contribution in [2.45, 2.75) is 20.3 Å². The van der Waals surface area contributed by atoms with Crippen molar-refractivity contribution in [3.05, 3.63) is 57.8 Å². The molecule has 1 aromatic heterocycles. The predicted molar refractivity (Wildman–Crippen MR) is 91.0 cm³/mol. The minimum Gasteiger partial charge on any atom is -0.330 e. The molecule has 0 radical (unpaired) electrons. The molecule has 0 aliphatic heterocycles. The molecule has 3 rings (SSSR count). The zero-order chi connectivity index (χ0) is 15.0. The van der Waals surface area contributed by atoms with Gasteiger partial charge in [-0.1, -0.05) is 15.9 Å². The molecule has 0 unspecified atom stereocenters. The van der Waals surface area contributed by atoms with Gasteiger partial charge in [0.15, 0.2) is 0 Å². The zero-order valence-electron chi connectivity index (χ0n) is 12.2. The standard InChI is InChI=1S/C17H18BrN3/c1-11-7-15-17(8-12(11)2)21(10-20-15)16-4-3-14(18)9-13(16)5-6-19/h3-4,7-10H,5-6,19H2,1-2H3. The van der Waals surface area contributed by atoms with Crippen LogP contribution in [-0.2, 0) is 6.42 Å². The van der Waals surface area contributed by atoms with Gasteiger partial charge in [0.25, 0.3) is 0 Å². The van der Waals surface area contributed by atoms with Gasteiger partial charge in [0.05, 0.1) is 16.7 Å². The molecule has 0 bridgehead atoms. The van der Waals surface area contributed by atoms with Crippen LogP contribution in [0.3, 0.4) is 0 Å². The summed E-state index contributed by atoms with van der Waals surface area (Å²) >= 11 is 3.53. The highest BCUT2D eigenvalue weighted by molar-refractivity contribution is 9.10. The summed E-state index contributed by atoms with van der Waals surface area (Å²) in [6.07, 6.45) is 2.74. The summed E-state index contributed by atoms with van der Waals surface area (Å²) in [7, 11) is 0. The number of aromatic nitrogens is 2. The highest BCUT2D eigenvalue weighted by atomic mass is 79.9. The fraction of sp³-hybridized carbons (Fsp3) is 0.235. The van der Waals surface area contributed by atoms with Crippen molar-refractivity contribution < 1.29 is 0 Å². The van der Waals surface area contributed by atoms with Crippen LogP contribution in [0.25, 0.3) is 16.7 Å². The van der Waals surface area contributed by atoms with Crippen molar-refractivity contribution in [2.24, 2.45) is 5.73 Å². The van der Waals surface area contributed by atoms with E-state index in [9.17, 15) is 0 Å². The van der Waals surface area contributed by atoms with E-state index in [4.69, 9.17) is 5.73 Å². The number of nitrogens with zero attached hydrogens (tertiary/aromatic N) is 2. The maximum atomic E-state index is 5.75. The third-order valence-corrected chi connectivity index (χ3v) is 4.37. The monoisotopic (exact) mass is 343 g/mol. The van der Waals surface area contributed by atoms with E-state index in [1.54, 1.807) is 0 Å². The van der Waals surface area contributed by atoms with E-state index in [2.05, 4.69) is 69.7 Å². The minimum atomic E-state index is 0.633. The molecule has 0 aliphatic carbocycles. The Morgan fingerprint density at radius 3 is 2.67 bits per heavy atom. The molecule has 1 heterocycles. The van der Waals surface area contributed by atoms with Gasteiger partial charge in [0.2, 0.25) is 0 Å². The van der Waals surface area contributed by atoms with Gasteiger partial charge in [-0.3, -0.25) is 4.57 Å². The second kappa shape index (κ2) is 5.62. The number of fused-ring (bicyclic) bond motifs is 1. The Hall–Kier alpha value is -1.65. The quantitative estimate of drug-likeness (QED) is 0.783. The lowest BCUT2D eigenvalue weighted by Gasteiger charge is -2.12. The maximum Gasteiger partial charge on any atom is 0.100 e. The molecule has 108 valence electrons. The zero-order valence-corrected chi connectivity index (χ0v) is 13.8. The Balaban J connectivity index is 2.23. The van der Waals surface area contributed by atoms with Crippen LogP contribution >= 0.6 is 15.9 Å². The Labute approximate surface area is 132 Å². The summed E-state index contributed by atoms with van der Waals surface area (Å²) in [6, 6.07) is 10.7. The molecule has 2 aromatic carbocycles. The summed E-state index contributed by atoms with van der Waals surface area (Å²) in [5.74, 6) is 0. The predicted octanol–water partition coefficient (Wildman–Crippen LogP) is 3.91. The highest BCUT2D eigenvalue weighted by Crippen LogP contribution is 2.26. The summed E-state index contributed by atoms with van der Waals surface area (Å²) in [4.78, 5) is 4.54. The Kier molecular flexibility index (Phi) is 3.83. The van der Waals surface area contributed by atoms with E-state index in [1.165, 1.54) is 16.7 Å². The van der Waals surface area contributed by atoms with Gasteiger partial charge in [-0.25, -0.2) is 4.98 Å². The van der Waals surface area contributed by atoms with Crippen molar-refractivity contribution in [2.75, 3.05) is 6.54 Å². The lowest BCUT2D eigenvalue weighted by molar-refractivity contribution is 0.940. The van der Waals surface area contributed by atoms with Crippen molar-refractivity contribution >= 4 is 27.0 Å². The van der Waals surface area contributed by atoms with Crippen LogP contribution in [0.2, 0.25) is 0 Å². The number of imidazole rings is 1. The van der Waals surface area contributed by atoms with Gasteiger partial charge in [0.1, 0.15) is 6.33 Å². The van der Waals surface area contributed by atoms with E-state index < -0.39 is 0 Å². The Morgan fingerprint density at radius 1 is 1.14 bits per heavy atom. The van der Waals surface area contributed by atoms with E-state index in [0.717, 1.165) is 27.6 Å². The first-order valence-electron chi connectivity index (χ1n) is 7.03. The van der Waals surface area contributed by atoms with Crippen molar-refractivity contribution in [3.63, 3.8) is 0 Å². The average Bonchev–Trinajstić information content (AvgIpc) is 2.83. The van der Waals surface area contributed by atoms with Crippen LogP contribution in [0, 0.1) is 13.8 Å². The SMILES string of the molecule is Cc1cc2ncn(-c3ccc(Br)cc3CCN)c2cc1C. The number of hydrogen-bond acceptors (Lipinski definition) is 2. The first kappa shape index (κ1) is 14.3. The molecule has 0 aliphatic rings. The van der Waals surface area contributed by atoms with Crippen LogP contribution < -0.4 is 5.73 Å². The Bertz CT molecular complexity index is 805. The molecular weight excluding hydrogens is 326 g/mol. The smallest absolute Gasteiger partial charge is 0.100 e. The molecule has 0 spiro atoms. The van der Waals surface area contributed by atoms with Crippen LogP contribution in [0.4, 0.5) is 0 Å². The van der Waals surface area contributed by atoms with Gasteiger partial charge >= 0.3 is 0 Å². The second-order valence-corrected chi connectivity index (χ2v) is 6.27. The van der Waals surface area contributed by atoms with Crippen molar-refractivity contribution in [1.29, 1.82) is 0 Å². The lowest BCUT2D eigenvalue weighted by Crippen LogP contribution is -2.06. The van der Waals surface area contributed by atoms with Gasteiger partial charge in [-0.15, -0.1) is 0 Å². The topological polar surface area (TPSA) is 43.8 Å². The van der Waals surface area contributed by atoms with Gasteiger partial charge in [0, 0.05) is 4.47 Å². The van der Waals surface area contributed by atoms with Gasteiger partial charge in [-0.05, 0) is 73.8 Å². The molecule has 21 heavy (non-hydrogen) atoms. The van der Waals surface area contributed by atoms with E-state index >= 15 is 0 Å². The maximum absolute atomic E-state index is 5.75. The minimum absolute atomic E-state index is 0.633.